The van der Waals surface area contributed by atoms with Crippen LogP contribution in [0.5, 0.6) is 5.75 Å². The van der Waals surface area contributed by atoms with Crippen LogP contribution in [0.3, 0.4) is 0 Å². The third kappa shape index (κ3) is 10.7. The topological polar surface area (TPSA) is 26.6 Å². The van der Waals surface area contributed by atoms with E-state index in [1.54, 1.807) is 0 Å². The van der Waals surface area contributed by atoms with Gasteiger partial charge in [-0.3, -0.25) is 0 Å². The third-order valence-corrected chi connectivity index (χ3v) is 14.5. The standard InChI is InChI=1S/C73H56N2O2/c1-3-52-12-16-54(17-13-52)49-76-50-55-20-22-57(23-21-55)60-30-39-68(40-31-60)75(73-11-7-9-64-8-5-6-10-71(64)73)69-41-32-61(33-42-69)58-24-26-63(27-25-58)65-36-45-72-66(48-65)46-47-74(72)67-37-28-59(29-38-67)62-34-43-70(44-35-62)77-51-56-18-14-53(4-2)15-19-56/h3-48H,1-2,49-51H2. The molecule has 0 fully saturated rings. The molecule has 0 spiro atoms. The maximum Gasteiger partial charge on any atom is 0.119 e. The van der Waals surface area contributed by atoms with Crippen molar-refractivity contribution in [2.75, 3.05) is 4.90 Å². The van der Waals surface area contributed by atoms with Gasteiger partial charge in [-0.2, -0.15) is 0 Å². The van der Waals surface area contributed by atoms with E-state index in [2.05, 4.69) is 278 Å². The first kappa shape index (κ1) is 48.2. The van der Waals surface area contributed by atoms with E-state index in [1.807, 2.05) is 24.3 Å². The van der Waals surface area contributed by atoms with Gasteiger partial charge in [0.25, 0.3) is 0 Å². The van der Waals surface area contributed by atoms with E-state index in [0.717, 1.165) is 78.6 Å². The summed E-state index contributed by atoms with van der Waals surface area (Å²) in [4.78, 5) is 2.37. The first-order valence-electron chi connectivity index (χ1n) is 26.2. The van der Waals surface area contributed by atoms with Crippen LogP contribution >= 0.6 is 0 Å². The van der Waals surface area contributed by atoms with Gasteiger partial charge in [-0.1, -0.05) is 213 Å². The Balaban J connectivity index is 0.719. The molecule has 0 saturated heterocycles. The molecule has 1 aromatic heterocycles. The lowest BCUT2D eigenvalue weighted by Crippen LogP contribution is -2.10. The molecule has 12 aromatic rings. The number of nitrogens with zero attached hydrogens (tertiary/aromatic N) is 2. The zero-order valence-corrected chi connectivity index (χ0v) is 42.8. The van der Waals surface area contributed by atoms with Crippen molar-refractivity contribution in [2.45, 2.75) is 19.8 Å². The maximum atomic E-state index is 6.06. The minimum Gasteiger partial charge on any atom is -0.489 e. The van der Waals surface area contributed by atoms with Crippen molar-refractivity contribution in [3.05, 3.63) is 308 Å². The number of anilines is 3. The Hall–Kier alpha value is -9.74. The average Bonchev–Trinajstić information content (AvgIpc) is 3.96. The Labute approximate surface area is 451 Å². The zero-order chi connectivity index (χ0) is 51.9. The number of ether oxygens (including phenoxy) is 2. The van der Waals surface area contributed by atoms with Gasteiger partial charge in [0.2, 0.25) is 0 Å². The van der Waals surface area contributed by atoms with Crippen LogP contribution < -0.4 is 9.64 Å². The van der Waals surface area contributed by atoms with Crippen molar-refractivity contribution >= 4 is 50.9 Å². The molecule has 0 radical (unpaired) electrons. The monoisotopic (exact) mass is 992 g/mol. The molecule has 1 heterocycles. The molecule has 0 aliphatic carbocycles. The molecule has 0 bridgehead atoms. The van der Waals surface area contributed by atoms with E-state index in [4.69, 9.17) is 9.47 Å². The molecule has 4 heteroatoms. The van der Waals surface area contributed by atoms with Crippen molar-refractivity contribution in [3.8, 4) is 55.9 Å². The number of benzene rings is 11. The van der Waals surface area contributed by atoms with Crippen LogP contribution in [0, 0.1) is 0 Å². The average molecular weight is 993 g/mol. The van der Waals surface area contributed by atoms with E-state index in [0.29, 0.717) is 19.8 Å². The van der Waals surface area contributed by atoms with E-state index in [9.17, 15) is 0 Å². The number of rotatable bonds is 17. The summed E-state index contributed by atoms with van der Waals surface area (Å²) in [6.07, 6.45) is 5.86. The smallest absolute Gasteiger partial charge is 0.119 e. The Morgan fingerprint density at radius 3 is 1.38 bits per heavy atom. The largest absolute Gasteiger partial charge is 0.489 e. The Morgan fingerprint density at radius 1 is 0.377 bits per heavy atom. The van der Waals surface area contributed by atoms with Crippen LogP contribution in [-0.4, -0.2) is 4.57 Å². The molecule has 370 valence electrons. The Kier molecular flexibility index (Phi) is 13.8. The van der Waals surface area contributed by atoms with Crippen molar-refractivity contribution in [1.29, 1.82) is 0 Å². The van der Waals surface area contributed by atoms with Crippen molar-refractivity contribution < 1.29 is 9.47 Å². The number of aromatic nitrogens is 1. The minimum absolute atomic E-state index is 0.524. The molecular weight excluding hydrogens is 937 g/mol. The molecule has 0 amide bonds. The van der Waals surface area contributed by atoms with Crippen LogP contribution in [0.2, 0.25) is 0 Å². The Bertz CT molecular complexity index is 3960. The third-order valence-electron chi connectivity index (χ3n) is 14.5. The molecule has 11 aromatic carbocycles. The van der Waals surface area contributed by atoms with E-state index in [-0.39, 0.29) is 0 Å². The van der Waals surface area contributed by atoms with Gasteiger partial charge in [-0.05, 0) is 151 Å². The fraction of sp³-hybridized carbons (Fsp3) is 0.0411. The normalized spacial score (nSPS) is 11.2. The second kappa shape index (κ2) is 22.0. The molecule has 77 heavy (non-hydrogen) atoms. The van der Waals surface area contributed by atoms with Gasteiger partial charge in [-0.25, -0.2) is 0 Å². The van der Waals surface area contributed by atoms with E-state index >= 15 is 0 Å². The van der Waals surface area contributed by atoms with Gasteiger partial charge >= 0.3 is 0 Å². The SMILES string of the molecule is C=Cc1ccc(COCc2ccc(-c3ccc(N(c4ccc(-c5ccc(-c6ccc7c(ccn7-c7ccc(-c8ccc(OCc9ccc(C=C)cc9)cc8)cc7)c6)cc5)cc4)c4cccc5ccccc45)cc3)cc2)cc1. The molecule has 0 unspecified atom stereocenters. The molecule has 0 aliphatic heterocycles. The molecule has 0 N–H and O–H groups in total. The molecule has 0 atom stereocenters. The Morgan fingerprint density at radius 2 is 0.818 bits per heavy atom. The lowest BCUT2D eigenvalue weighted by Gasteiger charge is -2.27. The van der Waals surface area contributed by atoms with Gasteiger partial charge in [0, 0.05) is 34.0 Å². The number of fused-ring (bicyclic) bond motifs is 2. The summed E-state index contributed by atoms with van der Waals surface area (Å²) in [7, 11) is 0. The first-order chi connectivity index (χ1) is 38.0. The highest BCUT2D eigenvalue weighted by Gasteiger charge is 2.17. The highest BCUT2D eigenvalue weighted by molar-refractivity contribution is 5.99. The minimum atomic E-state index is 0.524. The predicted molar refractivity (Wildman–Crippen MR) is 323 cm³/mol. The lowest BCUT2D eigenvalue weighted by molar-refractivity contribution is 0.107. The van der Waals surface area contributed by atoms with Crippen LogP contribution in [0.25, 0.3) is 84.0 Å². The highest BCUT2D eigenvalue weighted by Crippen LogP contribution is 2.41. The predicted octanol–water partition coefficient (Wildman–Crippen LogP) is 19.5. The summed E-state index contributed by atoms with van der Waals surface area (Å²) in [6.45, 7) is 9.33. The number of hydrogen-bond acceptors (Lipinski definition) is 3. The zero-order valence-electron chi connectivity index (χ0n) is 42.8. The summed E-state index contributed by atoms with van der Waals surface area (Å²) in [5, 5.41) is 3.59. The second-order valence-corrected chi connectivity index (χ2v) is 19.4. The first-order valence-corrected chi connectivity index (χ1v) is 26.2. The van der Waals surface area contributed by atoms with Gasteiger partial charge < -0.3 is 18.9 Å². The molecule has 0 aliphatic rings. The van der Waals surface area contributed by atoms with Crippen LogP contribution in [0.15, 0.2) is 280 Å². The van der Waals surface area contributed by atoms with Crippen LogP contribution in [-0.2, 0) is 24.6 Å². The summed E-state index contributed by atoms with van der Waals surface area (Å²) >= 11 is 0. The number of hydrogen-bond donors (Lipinski definition) is 0. The van der Waals surface area contributed by atoms with Gasteiger partial charge in [0.05, 0.1) is 24.4 Å². The summed E-state index contributed by atoms with van der Waals surface area (Å²) in [5.41, 5.74) is 20.6. The summed E-state index contributed by atoms with van der Waals surface area (Å²) in [5.74, 6) is 0.849. The quantitative estimate of drug-likeness (QED) is 0.0909. The maximum absolute atomic E-state index is 6.06. The fourth-order valence-electron chi connectivity index (χ4n) is 10.1. The highest BCUT2D eigenvalue weighted by atomic mass is 16.5. The van der Waals surface area contributed by atoms with Gasteiger partial charge in [0.1, 0.15) is 12.4 Å². The molecule has 4 nitrogen and oxygen atoms in total. The van der Waals surface area contributed by atoms with Crippen LogP contribution in [0.4, 0.5) is 17.1 Å². The van der Waals surface area contributed by atoms with Crippen LogP contribution in [0.1, 0.15) is 27.8 Å². The lowest BCUT2D eigenvalue weighted by atomic mass is 9.99. The summed E-state index contributed by atoms with van der Waals surface area (Å²) < 4.78 is 14.4. The molecule has 12 rings (SSSR count). The van der Waals surface area contributed by atoms with Gasteiger partial charge in [-0.15, -0.1) is 0 Å². The fourth-order valence-corrected chi connectivity index (χ4v) is 10.1. The van der Waals surface area contributed by atoms with Crippen molar-refractivity contribution in [2.24, 2.45) is 0 Å². The van der Waals surface area contributed by atoms with E-state index in [1.165, 1.54) is 43.9 Å². The van der Waals surface area contributed by atoms with Gasteiger partial charge in [0.15, 0.2) is 0 Å². The molecular formula is C73H56N2O2. The second-order valence-electron chi connectivity index (χ2n) is 19.4. The summed E-state index contributed by atoms with van der Waals surface area (Å²) in [6, 6.07) is 93.2. The van der Waals surface area contributed by atoms with Crippen molar-refractivity contribution in [1.82, 2.24) is 4.57 Å². The van der Waals surface area contributed by atoms with E-state index < -0.39 is 0 Å². The molecule has 0 saturated carbocycles. The van der Waals surface area contributed by atoms with Crippen molar-refractivity contribution in [3.63, 3.8) is 0 Å².